The number of thiophene rings is 2. The van der Waals surface area contributed by atoms with E-state index in [4.69, 9.17) is 4.84 Å². The second-order valence-corrected chi connectivity index (χ2v) is 9.61. The van der Waals surface area contributed by atoms with Gasteiger partial charge in [0.15, 0.2) is 6.29 Å². The van der Waals surface area contributed by atoms with Gasteiger partial charge in [0.05, 0.1) is 16.9 Å². The van der Waals surface area contributed by atoms with E-state index in [9.17, 15) is 9.59 Å². The van der Waals surface area contributed by atoms with Crippen LogP contribution in [0.25, 0.3) is 42.4 Å². The van der Waals surface area contributed by atoms with E-state index in [0.29, 0.717) is 4.88 Å². The van der Waals surface area contributed by atoms with Gasteiger partial charge in [0, 0.05) is 16.4 Å². The number of rotatable bonds is 5. The molecule has 2 heterocycles. The number of carbonyl (C=O) groups excluding carboxylic acids is 2. The molecule has 0 saturated carbocycles. The molecule has 0 aliphatic rings. The van der Waals surface area contributed by atoms with Crippen LogP contribution in [0, 0.1) is 0 Å². The summed E-state index contributed by atoms with van der Waals surface area (Å²) in [5.41, 5.74) is 4.45. The monoisotopic (exact) mass is 457 g/mol. The van der Waals surface area contributed by atoms with Crippen LogP contribution < -0.4 is 0 Å². The Labute approximate surface area is 193 Å². The summed E-state index contributed by atoms with van der Waals surface area (Å²) in [6, 6.07) is 24.7. The van der Waals surface area contributed by atoms with E-state index in [1.54, 1.807) is 7.05 Å². The molecule has 4 nitrogen and oxygen atoms in total. The Morgan fingerprint density at radius 3 is 2.03 bits per heavy atom. The van der Waals surface area contributed by atoms with Gasteiger partial charge in [0.25, 0.3) is 5.91 Å². The molecule has 0 atom stereocenters. The molecule has 6 heteroatoms. The van der Waals surface area contributed by atoms with Crippen LogP contribution in [0.15, 0.2) is 72.8 Å². The van der Waals surface area contributed by atoms with Gasteiger partial charge in [-0.25, -0.2) is 5.06 Å². The average Bonchev–Trinajstić information content (AvgIpc) is 3.45. The maximum Gasteiger partial charge on any atom is 0.287 e. The molecule has 5 rings (SSSR count). The zero-order valence-electron chi connectivity index (χ0n) is 17.5. The standard InChI is InChI=1S/C26H19NO3S2/c1-27(30-2)26(29)25-14-19-10-8-17(13-24(19)32-25)22-6-4-3-5-21(22)16-7-9-18-11-20(15-28)31-23(18)12-16/h3-15H,1-2H3. The van der Waals surface area contributed by atoms with Gasteiger partial charge in [-0.1, -0.05) is 48.5 Å². The molecule has 1 amide bonds. The van der Waals surface area contributed by atoms with E-state index >= 15 is 0 Å². The van der Waals surface area contributed by atoms with Gasteiger partial charge < -0.3 is 0 Å². The molecule has 0 radical (unpaired) electrons. The molecule has 0 fully saturated rings. The van der Waals surface area contributed by atoms with Crippen molar-refractivity contribution in [1.29, 1.82) is 0 Å². The average molecular weight is 458 g/mol. The first-order chi connectivity index (χ1) is 15.6. The smallest absolute Gasteiger partial charge is 0.287 e. The fourth-order valence-electron chi connectivity index (χ4n) is 3.81. The molecular formula is C26H19NO3S2. The van der Waals surface area contributed by atoms with Crippen molar-refractivity contribution in [1.82, 2.24) is 5.06 Å². The molecule has 5 aromatic rings. The maximum absolute atomic E-state index is 12.5. The molecule has 158 valence electrons. The SMILES string of the molecule is CON(C)C(=O)c1cc2ccc(-c3ccccc3-c3ccc4cc(C=O)sc4c3)cc2s1. The van der Waals surface area contributed by atoms with Crippen LogP contribution in [0.4, 0.5) is 0 Å². The molecule has 0 spiro atoms. The predicted octanol–water partition coefficient (Wildman–Crippen LogP) is 6.90. The van der Waals surface area contributed by atoms with Gasteiger partial charge in [0.1, 0.15) is 0 Å². The first-order valence-corrected chi connectivity index (χ1v) is 11.6. The zero-order chi connectivity index (χ0) is 22.2. The molecule has 3 aromatic carbocycles. The lowest BCUT2D eigenvalue weighted by Crippen LogP contribution is -2.24. The summed E-state index contributed by atoms with van der Waals surface area (Å²) in [5, 5.41) is 3.35. The Bertz CT molecular complexity index is 1480. The molecule has 0 saturated heterocycles. The minimum atomic E-state index is -0.158. The Hall–Kier alpha value is -3.32. The largest absolute Gasteiger partial charge is 0.297 e. The second kappa shape index (κ2) is 8.31. The Morgan fingerprint density at radius 2 is 1.44 bits per heavy atom. The van der Waals surface area contributed by atoms with Crippen LogP contribution in [0.3, 0.4) is 0 Å². The number of benzene rings is 3. The summed E-state index contributed by atoms with van der Waals surface area (Å²) >= 11 is 2.97. The van der Waals surface area contributed by atoms with Crippen molar-refractivity contribution in [3.63, 3.8) is 0 Å². The zero-order valence-corrected chi connectivity index (χ0v) is 19.1. The molecule has 0 aliphatic heterocycles. The highest BCUT2D eigenvalue weighted by molar-refractivity contribution is 7.21. The van der Waals surface area contributed by atoms with Gasteiger partial charge in [-0.05, 0) is 57.3 Å². The Morgan fingerprint density at radius 1 is 0.844 bits per heavy atom. The molecule has 0 N–H and O–H groups in total. The number of nitrogens with zero attached hydrogens (tertiary/aromatic N) is 1. The normalized spacial score (nSPS) is 11.2. The summed E-state index contributed by atoms with van der Waals surface area (Å²) in [5.74, 6) is -0.158. The fourth-order valence-corrected chi connectivity index (χ4v) is 5.79. The topological polar surface area (TPSA) is 46.6 Å². The third-order valence-electron chi connectivity index (χ3n) is 5.50. The van der Waals surface area contributed by atoms with Crippen LogP contribution in [0.5, 0.6) is 0 Å². The number of carbonyl (C=O) groups is 2. The van der Waals surface area contributed by atoms with Gasteiger partial charge >= 0.3 is 0 Å². The van der Waals surface area contributed by atoms with E-state index in [1.807, 2.05) is 24.3 Å². The van der Waals surface area contributed by atoms with Gasteiger partial charge in [-0.15, -0.1) is 22.7 Å². The number of hydroxylamine groups is 2. The van der Waals surface area contributed by atoms with Crippen molar-refractivity contribution in [2.24, 2.45) is 0 Å². The van der Waals surface area contributed by atoms with Crippen LogP contribution in [-0.2, 0) is 4.84 Å². The van der Waals surface area contributed by atoms with E-state index < -0.39 is 0 Å². The second-order valence-electron chi connectivity index (χ2n) is 7.41. The molecule has 2 aromatic heterocycles. The number of hydrogen-bond donors (Lipinski definition) is 0. The van der Waals surface area contributed by atoms with Gasteiger partial charge in [-0.3, -0.25) is 14.4 Å². The first kappa shape index (κ1) is 20.6. The lowest BCUT2D eigenvalue weighted by Gasteiger charge is -2.11. The molecular weight excluding hydrogens is 438 g/mol. The molecule has 0 bridgehead atoms. The van der Waals surface area contributed by atoms with Crippen LogP contribution in [0.1, 0.15) is 19.3 Å². The highest BCUT2D eigenvalue weighted by Gasteiger charge is 2.16. The van der Waals surface area contributed by atoms with Gasteiger partial charge in [-0.2, -0.15) is 0 Å². The summed E-state index contributed by atoms with van der Waals surface area (Å²) in [6.45, 7) is 0. The lowest BCUT2D eigenvalue weighted by molar-refractivity contribution is -0.0753. The summed E-state index contributed by atoms with van der Waals surface area (Å²) in [6.07, 6.45) is 0.901. The minimum absolute atomic E-state index is 0.158. The van der Waals surface area contributed by atoms with Crippen molar-refractivity contribution in [2.75, 3.05) is 14.2 Å². The molecule has 0 aliphatic carbocycles. The van der Waals surface area contributed by atoms with E-state index in [2.05, 4.69) is 48.5 Å². The summed E-state index contributed by atoms with van der Waals surface area (Å²) < 4.78 is 2.15. The predicted molar refractivity (Wildman–Crippen MR) is 133 cm³/mol. The van der Waals surface area contributed by atoms with Crippen LogP contribution in [0.2, 0.25) is 0 Å². The Balaban J connectivity index is 1.58. The van der Waals surface area contributed by atoms with Crippen molar-refractivity contribution in [3.05, 3.63) is 82.6 Å². The lowest BCUT2D eigenvalue weighted by atomic mass is 9.94. The van der Waals surface area contributed by atoms with E-state index in [-0.39, 0.29) is 5.91 Å². The molecule has 32 heavy (non-hydrogen) atoms. The summed E-state index contributed by atoms with van der Waals surface area (Å²) in [7, 11) is 3.09. The quantitative estimate of drug-likeness (QED) is 0.213. The van der Waals surface area contributed by atoms with Gasteiger partial charge in [0.2, 0.25) is 0 Å². The first-order valence-electron chi connectivity index (χ1n) is 10.0. The minimum Gasteiger partial charge on any atom is -0.297 e. The van der Waals surface area contributed by atoms with Crippen molar-refractivity contribution in [2.45, 2.75) is 0 Å². The fraction of sp³-hybridized carbons (Fsp3) is 0.0769. The van der Waals surface area contributed by atoms with Crippen LogP contribution >= 0.6 is 22.7 Å². The van der Waals surface area contributed by atoms with Crippen molar-refractivity contribution < 1.29 is 14.4 Å². The number of amides is 1. The third-order valence-corrected chi connectivity index (χ3v) is 7.60. The van der Waals surface area contributed by atoms with Crippen molar-refractivity contribution >= 4 is 55.0 Å². The van der Waals surface area contributed by atoms with E-state index in [1.165, 1.54) is 34.8 Å². The van der Waals surface area contributed by atoms with Crippen molar-refractivity contribution in [3.8, 4) is 22.3 Å². The van der Waals surface area contributed by atoms with E-state index in [0.717, 1.165) is 53.6 Å². The number of aldehydes is 1. The van der Waals surface area contributed by atoms with Crippen LogP contribution in [-0.4, -0.2) is 31.4 Å². The molecule has 0 unspecified atom stereocenters. The number of hydrogen-bond acceptors (Lipinski definition) is 5. The number of fused-ring (bicyclic) bond motifs is 2. The summed E-state index contributed by atoms with van der Waals surface area (Å²) in [4.78, 5) is 30.0. The highest BCUT2D eigenvalue weighted by atomic mass is 32.1. The Kier molecular flexibility index (Phi) is 5.35. The third kappa shape index (κ3) is 3.62. The highest BCUT2D eigenvalue weighted by Crippen LogP contribution is 2.37. The maximum atomic E-state index is 12.5.